The van der Waals surface area contributed by atoms with Gasteiger partial charge < -0.3 is 16.4 Å². The number of hydrogen-bond donors (Lipinski definition) is 2. The van der Waals surface area contributed by atoms with Crippen LogP contribution in [0.1, 0.15) is 20.3 Å². The zero-order chi connectivity index (χ0) is 11.4. The highest BCUT2D eigenvalue weighted by Gasteiger charge is 2.06. The summed E-state index contributed by atoms with van der Waals surface area (Å²) in [6.45, 7) is 5.49. The summed E-state index contributed by atoms with van der Waals surface area (Å²) in [4.78, 5) is 2.21. The molecule has 0 aliphatic rings. The van der Waals surface area contributed by atoms with Crippen molar-refractivity contribution < 1.29 is 0 Å². The number of anilines is 3. The van der Waals surface area contributed by atoms with E-state index in [-0.39, 0.29) is 0 Å². The van der Waals surface area contributed by atoms with Crippen LogP contribution in [0.3, 0.4) is 0 Å². The summed E-state index contributed by atoms with van der Waals surface area (Å²) in [5.74, 6) is 0.689. The lowest BCUT2D eigenvalue weighted by molar-refractivity contribution is 0.560. The van der Waals surface area contributed by atoms with Crippen LogP contribution in [0.5, 0.6) is 0 Å². The lowest BCUT2D eigenvalue weighted by Gasteiger charge is -2.23. The molecule has 0 amide bonds. The molecule has 0 radical (unpaired) electrons. The van der Waals surface area contributed by atoms with Gasteiger partial charge in [-0.15, -0.1) is 0 Å². The molecule has 0 spiro atoms. The molecule has 0 fully saturated rings. The Balaban J connectivity index is 2.73. The molecule has 0 aliphatic carbocycles. The largest absolute Gasteiger partial charge is 0.397 e. The van der Waals surface area contributed by atoms with Crippen LogP contribution in [0.4, 0.5) is 17.1 Å². The number of nitrogens with zero attached hydrogens (tertiary/aromatic N) is 1. The first-order chi connectivity index (χ1) is 7.04. The zero-order valence-corrected chi connectivity index (χ0v) is 9.83. The monoisotopic (exact) mass is 207 g/mol. The average Bonchev–Trinajstić information content (AvgIpc) is 2.21. The molecule has 15 heavy (non-hydrogen) atoms. The van der Waals surface area contributed by atoms with Crippen LogP contribution in [0.25, 0.3) is 0 Å². The van der Waals surface area contributed by atoms with Gasteiger partial charge in [-0.05, 0) is 24.1 Å². The SMILES string of the molecule is CCC(C)CN(C)c1ccc(N)c(N)c1. The van der Waals surface area contributed by atoms with Crippen molar-refractivity contribution in [2.45, 2.75) is 20.3 Å². The number of hydrogen-bond acceptors (Lipinski definition) is 3. The van der Waals surface area contributed by atoms with Crippen molar-refractivity contribution in [2.75, 3.05) is 30.0 Å². The highest BCUT2D eigenvalue weighted by Crippen LogP contribution is 2.22. The van der Waals surface area contributed by atoms with Crippen LogP contribution in [-0.4, -0.2) is 13.6 Å². The first-order valence-corrected chi connectivity index (χ1v) is 5.40. The third-order valence-electron chi connectivity index (χ3n) is 2.79. The minimum Gasteiger partial charge on any atom is -0.397 e. The predicted octanol–water partition coefficient (Wildman–Crippen LogP) is 2.33. The average molecular weight is 207 g/mol. The van der Waals surface area contributed by atoms with Gasteiger partial charge in [0.1, 0.15) is 0 Å². The van der Waals surface area contributed by atoms with Gasteiger partial charge in [0, 0.05) is 19.3 Å². The molecule has 1 rings (SSSR count). The van der Waals surface area contributed by atoms with Crippen molar-refractivity contribution in [3.63, 3.8) is 0 Å². The third kappa shape index (κ3) is 3.05. The van der Waals surface area contributed by atoms with E-state index < -0.39 is 0 Å². The Morgan fingerprint density at radius 3 is 2.47 bits per heavy atom. The summed E-state index contributed by atoms with van der Waals surface area (Å²) < 4.78 is 0. The van der Waals surface area contributed by atoms with E-state index in [1.54, 1.807) is 0 Å². The topological polar surface area (TPSA) is 55.3 Å². The summed E-state index contributed by atoms with van der Waals surface area (Å²) in [6, 6.07) is 5.80. The maximum Gasteiger partial charge on any atom is 0.0568 e. The van der Waals surface area contributed by atoms with E-state index in [9.17, 15) is 0 Å². The third-order valence-corrected chi connectivity index (χ3v) is 2.79. The Hall–Kier alpha value is -1.38. The van der Waals surface area contributed by atoms with E-state index in [2.05, 4.69) is 25.8 Å². The highest BCUT2D eigenvalue weighted by molar-refractivity contribution is 5.69. The maximum atomic E-state index is 5.77. The molecule has 1 atom stereocenters. The van der Waals surface area contributed by atoms with E-state index in [1.165, 1.54) is 6.42 Å². The molecule has 0 bridgehead atoms. The summed E-state index contributed by atoms with van der Waals surface area (Å²) in [7, 11) is 2.08. The van der Waals surface area contributed by atoms with Gasteiger partial charge >= 0.3 is 0 Å². The Kier molecular flexibility index (Phi) is 3.83. The Morgan fingerprint density at radius 1 is 1.27 bits per heavy atom. The second kappa shape index (κ2) is 4.91. The van der Waals surface area contributed by atoms with Crippen molar-refractivity contribution in [3.05, 3.63) is 18.2 Å². The van der Waals surface area contributed by atoms with Crippen molar-refractivity contribution in [2.24, 2.45) is 5.92 Å². The molecular weight excluding hydrogens is 186 g/mol. The van der Waals surface area contributed by atoms with E-state index in [0.29, 0.717) is 17.3 Å². The summed E-state index contributed by atoms with van der Waals surface area (Å²) >= 11 is 0. The van der Waals surface area contributed by atoms with Gasteiger partial charge in [-0.2, -0.15) is 0 Å². The van der Waals surface area contributed by atoms with Gasteiger partial charge in [-0.25, -0.2) is 0 Å². The second-order valence-corrected chi connectivity index (χ2v) is 4.21. The second-order valence-electron chi connectivity index (χ2n) is 4.21. The van der Waals surface area contributed by atoms with Gasteiger partial charge in [0.05, 0.1) is 11.4 Å². The van der Waals surface area contributed by atoms with Crippen LogP contribution in [0, 0.1) is 5.92 Å². The lowest BCUT2D eigenvalue weighted by Crippen LogP contribution is -2.23. The summed E-state index contributed by atoms with van der Waals surface area (Å²) in [6.07, 6.45) is 1.19. The molecule has 1 aromatic rings. The first kappa shape index (κ1) is 11.7. The minimum atomic E-state index is 0.649. The van der Waals surface area contributed by atoms with Crippen LogP contribution >= 0.6 is 0 Å². The molecule has 1 aromatic carbocycles. The number of nitrogen functional groups attached to an aromatic ring is 2. The summed E-state index contributed by atoms with van der Waals surface area (Å²) in [5.41, 5.74) is 13.9. The smallest absolute Gasteiger partial charge is 0.0568 e. The lowest BCUT2D eigenvalue weighted by atomic mass is 10.1. The Bertz CT molecular complexity index is 323. The Labute approximate surface area is 92.1 Å². The fourth-order valence-electron chi connectivity index (χ4n) is 1.50. The molecule has 0 saturated heterocycles. The quantitative estimate of drug-likeness (QED) is 0.745. The van der Waals surface area contributed by atoms with Gasteiger partial charge in [0.2, 0.25) is 0 Å². The standard InChI is InChI=1S/C12H21N3/c1-4-9(2)8-15(3)10-5-6-11(13)12(14)7-10/h5-7,9H,4,8,13-14H2,1-3H3. The summed E-state index contributed by atoms with van der Waals surface area (Å²) in [5, 5.41) is 0. The first-order valence-electron chi connectivity index (χ1n) is 5.40. The molecule has 0 aliphatic heterocycles. The van der Waals surface area contributed by atoms with Crippen LogP contribution in [0.2, 0.25) is 0 Å². The van der Waals surface area contributed by atoms with Crippen molar-refractivity contribution in [1.29, 1.82) is 0 Å². The number of rotatable bonds is 4. The maximum absolute atomic E-state index is 5.77. The van der Waals surface area contributed by atoms with Gasteiger partial charge in [-0.3, -0.25) is 0 Å². The molecule has 1 unspecified atom stereocenters. The van der Waals surface area contributed by atoms with Crippen LogP contribution < -0.4 is 16.4 Å². The Morgan fingerprint density at radius 2 is 1.93 bits per heavy atom. The molecular formula is C12H21N3. The normalized spacial score (nSPS) is 12.5. The molecule has 84 valence electrons. The molecule has 0 saturated carbocycles. The van der Waals surface area contributed by atoms with Crippen LogP contribution in [-0.2, 0) is 0 Å². The number of benzene rings is 1. The highest BCUT2D eigenvalue weighted by atomic mass is 15.1. The molecule has 0 aromatic heterocycles. The van der Waals surface area contributed by atoms with Gasteiger partial charge in [0.25, 0.3) is 0 Å². The fourth-order valence-corrected chi connectivity index (χ4v) is 1.50. The van der Waals surface area contributed by atoms with Gasteiger partial charge in [-0.1, -0.05) is 20.3 Å². The molecule has 3 heteroatoms. The minimum absolute atomic E-state index is 0.649. The molecule has 4 N–H and O–H groups in total. The fraction of sp³-hybridized carbons (Fsp3) is 0.500. The van der Waals surface area contributed by atoms with Crippen molar-refractivity contribution >= 4 is 17.1 Å². The van der Waals surface area contributed by atoms with E-state index in [1.807, 2.05) is 18.2 Å². The number of nitrogens with two attached hydrogens (primary N) is 2. The predicted molar refractivity (Wildman–Crippen MR) is 68.0 cm³/mol. The van der Waals surface area contributed by atoms with Crippen LogP contribution in [0.15, 0.2) is 18.2 Å². The van der Waals surface area contributed by atoms with Crippen molar-refractivity contribution in [1.82, 2.24) is 0 Å². The van der Waals surface area contributed by atoms with Crippen molar-refractivity contribution in [3.8, 4) is 0 Å². The van der Waals surface area contributed by atoms with Gasteiger partial charge in [0.15, 0.2) is 0 Å². The van der Waals surface area contributed by atoms with E-state index in [4.69, 9.17) is 11.5 Å². The molecule has 0 heterocycles. The van der Waals surface area contributed by atoms with E-state index in [0.717, 1.165) is 12.2 Å². The molecule has 3 nitrogen and oxygen atoms in total. The van der Waals surface area contributed by atoms with E-state index >= 15 is 0 Å². The zero-order valence-electron chi connectivity index (χ0n) is 9.83.